The maximum Gasteiger partial charge on any atom is 0.340 e. The Hall–Kier alpha value is -1.60. The van der Waals surface area contributed by atoms with E-state index in [0.29, 0.717) is 56.4 Å². The highest BCUT2D eigenvalue weighted by atomic mass is 79.9. The molecule has 3 N–H and O–H groups in total. The molecule has 7 bridgehead atoms. The monoisotopic (exact) mass is 664 g/mol. The third-order valence-electron chi connectivity index (χ3n) is 12.6. The van der Waals surface area contributed by atoms with Gasteiger partial charge >= 0.3 is 5.97 Å². The number of para-hydroxylation sites is 1. The van der Waals surface area contributed by atoms with Gasteiger partial charge in [-0.05, 0) is 44.4 Å². The number of halogens is 1. The first-order valence-corrected chi connectivity index (χ1v) is 15.4. The molecule has 0 aromatic heterocycles. The number of nitrogens with one attached hydrogen (secondary N) is 1. The molecular formula is C32H45BrN2O8. The van der Waals surface area contributed by atoms with Crippen molar-refractivity contribution in [1.82, 2.24) is 4.90 Å². The molecule has 238 valence electrons. The van der Waals surface area contributed by atoms with Crippen molar-refractivity contribution >= 4 is 34.5 Å². The smallest absolute Gasteiger partial charge is 0.340 e. The molecule has 5 aliphatic carbocycles. The van der Waals surface area contributed by atoms with E-state index in [2.05, 4.69) is 17.1 Å². The number of carbonyl (C=O) groups excluding carboxylic acids is 2. The van der Waals surface area contributed by atoms with Gasteiger partial charge in [0, 0.05) is 76.3 Å². The van der Waals surface area contributed by atoms with E-state index < -0.39 is 34.3 Å². The summed E-state index contributed by atoms with van der Waals surface area (Å²) in [5.41, 5.74) is -3.57. The maximum absolute atomic E-state index is 14.0. The number of likely N-dealkylation sites (N-methyl/N-ethyl adjacent to an activating group) is 1. The van der Waals surface area contributed by atoms with Gasteiger partial charge < -0.3 is 34.5 Å². The van der Waals surface area contributed by atoms with Gasteiger partial charge in [-0.15, -0.1) is 17.0 Å². The van der Waals surface area contributed by atoms with E-state index in [1.54, 1.807) is 45.6 Å². The highest BCUT2D eigenvalue weighted by Crippen LogP contribution is 2.79. The number of rotatable bonds is 7. The second-order valence-corrected chi connectivity index (χ2v) is 13.7. The first-order chi connectivity index (χ1) is 20.1. The standard InChI is InChI=1S/C32H44N2O8.BrH/c1-6-34-16-29(42-28(36)18-9-7-8-10-21(18)33-17(2)35)12-11-25(40-4)31-23(29)14-20(26(31)34)30(37)15-22(39-3)19-13-24(31)32(30,38)27(19)41-5;/h7-10,19-20,22-27,37-38H,6,11-16H2,1-5H3,(H,33,35);1H/t19-,20?,22-,23+,24-,25-,26?,27-,29+,30-,31-,32-;/m0./s1. The molecule has 1 saturated heterocycles. The normalized spacial score (nSPS) is 47.0. The van der Waals surface area contributed by atoms with Crippen LogP contribution in [0.15, 0.2) is 24.3 Å². The Balaban J connectivity index is 0.00000329. The summed E-state index contributed by atoms with van der Waals surface area (Å²) in [5, 5.41) is 28.4. The molecule has 1 amide bonds. The van der Waals surface area contributed by atoms with Crippen LogP contribution in [0.25, 0.3) is 0 Å². The van der Waals surface area contributed by atoms with E-state index in [4.69, 9.17) is 18.9 Å². The van der Waals surface area contributed by atoms with Crippen LogP contribution in [-0.2, 0) is 23.7 Å². The van der Waals surface area contributed by atoms with Gasteiger partial charge in [-0.25, -0.2) is 4.79 Å². The summed E-state index contributed by atoms with van der Waals surface area (Å²) in [5.74, 6) is -1.54. The molecule has 6 fully saturated rings. The largest absolute Gasteiger partial charge is 0.454 e. The van der Waals surface area contributed by atoms with Crippen LogP contribution in [-0.4, -0.2) is 103 Å². The molecule has 6 aliphatic rings. The Kier molecular flexibility index (Phi) is 7.64. The highest BCUT2D eigenvalue weighted by Gasteiger charge is 2.89. The maximum atomic E-state index is 14.0. The van der Waals surface area contributed by atoms with E-state index in [9.17, 15) is 19.8 Å². The zero-order valence-electron chi connectivity index (χ0n) is 25.6. The summed E-state index contributed by atoms with van der Waals surface area (Å²) in [6.45, 7) is 4.79. The number of hydrogen-bond donors (Lipinski definition) is 3. The van der Waals surface area contributed by atoms with Crippen molar-refractivity contribution in [2.75, 3.05) is 39.7 Å². The molecule has 10 nitrogen and oxygen atoms in total. The van der Waals surface area contributed by atoms with Gasteiger partial charge in [0.2, 0.25) is 5.91 Å². The summed E-state index contributed by atoms with van der Waals surface area (Å²) in [4.78, 5) is 28.3. The zero-order chi connectivity index (χ0) is 29.8. The number of methoxy groups -OCH3 is 3. The second kappa shape index (κ2) is 10.5. The number of esters is 1. The number of hydrogen-bond acceptors (Lipinski definition) is 9. The van der Waals surface area contributed by atoms with Crippen LogP contribution in [0.2, 0.25) is 0 Å². The Morgan fingerprint density at radius 1 is 1.07 bits per heavy atom. The van der Waals surface area contributed by atoms with Crippen LogP contribution in [0.5, 0.6) is 0 Å². The van der Waals surface area contributed by atoms with Gasteiger partial charge in [-0.2, -0.15) is 0 Å². The SMILES string of the molecule is Br.CCN1C[C@]2(OC(=O)c3ccccc3NC(C)=O)CC[C@H](OC)[C@]34C1C(C[C@H]23)[C@@]1(O)C[C@H](OC)[C@@H]2C[C@@H]4[C@]1(O)[C@H]2OC. The molecule has 1 aliphatic heterocycles. The third-order valence-corrected chi connectivity index (χ3v) is 12.6. The Morgan fingerprint density at radius 2 is 1.81 bits per heavy atom. The van der Waals surface area contributed by atoms with Crippen molar-refractivity contribution < 1.29 is 38.7 Å². The third kappa shape index (κ3) is 3.67. The average molecular weight is 666 g/mol. The van der Waals surface area contributed by atoms with Crippen LogP contribution in [0.4, 0.5) is 5.69 Å². The number of likely N-dealkylation sites (tertiary alicyclic amines) is 1. The van der Waals surface area contributed by atoms with E-state index in [1.807, 2.05) is 0 Å². The van der Waals surface area contributed by atoms with Crippen molar-refractivity contribution in [1.29, 1.82) is 0 Å². The van der Waals surface area contributed by atoms with Crippen LogP contribution < -0.4 is 5.32 Å². The van der Waals surface area contributed by atoms with Crippen LogP contribution >= 0.6 is 17.0 Å². The quantitative estimate of drug-likeness (QED) is 0.377. The predicted molar refractivity (Wildman–Crippen MR) is 162 cm³/mol. The Labute approximate surface area is 263 Å². The zero-order valence-corrected chi connectivity index (χ0v) is 27.3. The summed E-state index contributed by atoms with van der Waals surface area (Å²) in [6, 6.07) is 6.89. The molecule has 43 heavy (non-hydrogen) atoms. The fraction of sp³-hybridized carbons (Fsp3) is 0.750. The molecule has 1 aromatic rings. The van der Waals surface area contributed by atoms with Gasteiger partial charge in [0.15, 0.2) is 0 Å². The first-order valence-electron chi connectivity index (χ1n) is 15.4. The minimum absolute atomic E-state index is 0. The van der Waals surface area contributed by atoms with E-state index in [1.165, 1.54) is 6.92 Å². The number of ether oxygens (including phenoxy) is 4. The molecule has 7 rings (SSSR count). The summed E-state index contributed by atoms with van der Waals surface area (Å²) >= 11 is 0. The van der Waals surface area contributed by atoms with Crippen LogP contribution in [0.1, 0.15) is 56.3 Å². The average Bonchev–Trinajstić information content (AvgIpc) is 3.39. The Morgan fingerprint density at radius 3 is 2.47 bits per heavy atom. The van der Waals surface area contributed by atoms with Crippen molar-refractivity contribution in [3.63, 3.8) is 0 Å². The first kappa shape index (κ1) is 31.4. The lowest BCUT2D eigenvalue weighted by Gasteiger charge is -2.70. The van der Waals surface area contributed by atoms with Gasteiger partial charge in [0.25, 0.3) is 0 Å². The number of anilines is 1. The molecule has 1 heterocycles. The van der Waals surface area contributed by atoms with Crippen molar-refractivity contribution in [3.05, 3.63) is 29.8 Å². The van der Waals surface area contributed by atoms with Gasteiger partial charge in [0.05, 0.1) is 29.6 Å². The van der Waals surface area contributed by atoms with Crippen molar-refractivity contribution in [3.8, 4) is 0 Å². The number of fused-ring (bicyclic) bond motifs is 2. The van der Waals surface area contributed by atoms with Gasteiger partial charge in [0.1, 0.15) is 16.8 Å². The molecule has 0 radical (unpaired) electrons. The number of nitrogens with zero attached hydrogens (tertiary/aromatic N) is 1. The van der Waals surface area contributed by atoms with Crippen LogP contribution in [0, 0.1) is 29.1 Å². The van der Waals surface area contributed by atoms with E-state index in [0.717, 1.165) is 0 Å². The number of piperidine rings is 1. The number of carbonyl (C=O) groups is 2. The van der Waals surface area contributed by atoms with E-state index in [-0.39, 0.29) is 64.8 Å². The van der Waals surface area contributed by atoms with Crippen molar-refractivity contribution in [2.45, 2.75) is 87.1 Å². The molecule has 1 spiro atoms. The summed E-state index contributed by atoms with van der Waals surface area (Å²) in [6.07, 6.45) is 1.91. The lowest BCUT2D eigenvalue weighted by atomic mass is 9.44. The predicted octanol–water partition coefficient (Wildman–Crippen LogP) is 2.80. The molecule has 1 aromatic carbocycles. The lowest BCUT2D eigenvalue weighted by molar-refractivity contribution is -0.337. The van der Waals surface area contributed by atoms with Crippen LogP contribution in [0.3, 0.4) is 0 Å². The van der Waals surface area contributed by atoms with Gasteiger partial charge in [-0.1, -0.05) is 19.1 Å². The summed E-state index contributed by atoms with van der Waals surface area (Å²) < 4.78 is 25.1. The number of aliphatic hydroxyl groups is 2. The minimum Gasteiger partial charge on any atom is -0.454 e. The topological polar surface area (TPSA) is 127 Å². The highest BCUT2D eigenvalue weighted by molar-refractivity contribution is 8.93. The number of amides is 1. The molecule has 11 heteroatoms. The van der Waals surface area contributed by atoms with Gasteiger partial charge in [-0.3, -0.25) is 9.69 Å². The second-order valence-electron chi connectivity index (χ2n) is 13.7. The molecular weight excluding hydrogens is 620 g/mol. The Bertz CT molecular complexity index is 1300. The molecule has 5 saturated carbocycles. The van der Waals surface area contributed by atoms with Crippen molar-refractivity contribution in [2.24, 2.45) is 29.1 Å². The fourth-order valence-electron chi connectivity index (χ4n) is 11.6. The van der Waals surface area contributed by atoms with E-state index >= 15 is 0 Å². The number of benzene rings is 1. The molecule has 2 unspecified atom stereocenters. The summed E-state index contributed by atoms with van der Waals surface area (Å²) in [7, 11) is 5.05. The fourth-order valence-corrected chi connectivity index (χ4v) is 11.6. The minimum atomic E-state index is -1.48. The lowest BCUT2D eigenvalue weighted by Crippen LogP contribution is -2.83. The molecule has 12 atom stereocenters.